The molecule has 2 fully saturated rings. The Kier molecular flexibility index (Phi) is 6.86. The lowest BCUT2D eigenvalue weighted by molar-refractivity contribution is -0.122. The van der Waals surface area contributed by atoms with E-state index >= 15 is 0 Å². The molecular formula is C18H35N3O2. The van der Waals surface area contributed by atoms with Crippen molar-refractivity contribution in [1.29, 1.82) is 0 Å². The van der Waals surface area contributed by atoms with Crippen LogP contribution in [0.25, 0.3) is 0 Å². The van der Waals surface area contributed by atoms with Crippen LogP contribution in [0.5, 0.6) is 0 Å². The zero-order valence-electron chi connectivity index (χ0n) is 15.2. The third kappa shape index (κ3) is 6.05. The fourth-order valence-corrected chi connectivity index (χ4v) is 4.07. The molecule has 2 aliphatic rings. The summed E-state index contributed by atoms with van der Waals surface area (Å²) in [5.74, 6) is 1.56. The molecule has 0 aromatic carbocycles. The molecular weight excluding hydrogens is 290 g/mol. The second kappa shape index (κ2) is 8.45. The van der Waals surface area contributed by atoms with E-state index in [-0.39, 0.29) is 5.91 Å². The molecule has 0 spiro atoms. The second-order valence-electron chi connectivity index (χ2n) is 8.00. The van der Waals surface area contributed by atoms with Crippen LogP contribution in [0.1, 0.15) is 45.4 Å². The minimum absolute atomic E-state index is 0.106. The van der Waals surface area contributed by atoms with Crippen molar-refractivity contribution in [2.45, 2.75) is 51.0 Å². The Balaban J connectivity index is 1.68. The predicted octanol–water partition coefficient (Wildman–Crippen LogP) is 1.32. The number of nitrogens with zero attached hydrogens (tertiary/aromatic N) is 2. The Morgan fingerprint density at radius 2 is 1.87 bits per heavy atom. The van der Waals surface area contributed by atoms with E-state index in [0.29, 0.717) is 12.5 Å². The van der Waals surface area contributed by atoms with Crippen LogP contribution in [-0.2, 0) is 4.79 Å². The van der Waals surface area contributed by atoms with Crippen LogP contribution < -0.4 is 5.32 Å². The van der Waals surface area contributed by atoms with Crippen LogP contribution >= 0.6 is 0 Å². The second-order valence-corrected chi connectivity index (χ2v) is 8.00. The van der Waals surface area contributed by atoms with Crippen molar-refractivity contribution in [3.05, 3.63) is 0 Å². The average molecular weight is 325 g/mol. The Morgan fingerprint density at radius 1 is 1.26 bits per heavy atom. The van der Waals surface area contributed by atoms with Crippen molar-refractivity contribution in [1.82, 2.24) is 15.1 Å². The zero-order valence-corrected chi connectivity index (χ0v) is 15.2. The van der Waals surface area contributed by atoms with Gasteiger partial charge in [0.05, 0.1) is 12.1 Å². The molecule has 5 heteroatoms. The summed E-state index contributed by atoms with van der Waals surface area (Å²) >= 11 is 0. The number of rotatable bonds is 6. The molecule has 1 heterocycles. The van der Waals surface area contributed by atoms with Gasteiger partial charge < -0.3 is 15.3 Å². The van der Waals surface area contributed by atoms with Crippen molar-refractivity contribution in [2.75, 3.05) is 46.8 Å². The number of hydrogen-bond acceptors (Lipinski definition) is 4. The van der Waals surface area contributed by atoms with Gasteiger partial charge in [-0.3, -0.25) is 9.69 Å². The normalized spacial score (nSPS) is 30.6. The molecule has 0 unspecified atom stereocenters. The van der Waals surface area contributed by atoms with Crippen molar-refractivity contribution in [3.8, 4) is 0 Å². The fraction of sp³-hybridized carbons (Fsp3) is 0.944. The number of carbonyl (C=O) groups excluding carboxylic acids is 1. The molecule has 1 saturated carbocycles. The molecule has 23 heavy (non-hydrogen) atoms. The molecule has 1 aliphatic carbocycles. The largest absolute Gasteiger partial charge is 0.389 e. The highest BCUT2D eigenvalue weighted by atomic mass is 16.3. The number of nitrogens with one attached hydrogen (secondary N) is 1. The fourth-order valence-electron chi connectivity index (χ4n) is 4.07. The number of aliphatic hydroxyl groups is 1. The Morgan fingerprint density at radius 3 is 2.43 bits per heavy atom. The number of likely N-dealkylation sites (N-methyl/N-ethyl adjacent to an activating group) is 2. The minimum Gasteiger partial charge on any atom is -0.389 e. The van der Waals surface area contributed by atoms with E-state index in [1.807, 2.05) is 0 Å². The first-order valence-corrected chi connectivity index (χ1v) is 9.24. The SMILES string of the molecule is CNC(=O)CN1CCC(CN(C)CC2(O)CCC(C)CC2)CC1. The number of amides is 1. The van der Waals surface area contributed by atoms with Crippen molar-refractivity contribution >= 4 is 5.91 Å². The van der Waals surface area contributed by atoms with Gasteiger partial charge in [-0.15, -0.1) is 0 Å². The lowest BCUT2D eigenvalue weighted by Crippen LogP contribution is -2.47. The molecule has 1 aliphatic heterocycles. The lowest BCUT2D eigenvalue weighted by atomic mass is 9.79. The van der Waals surface area contributed by atoms with Gasteiger partial charge in [-0.05, 0) is 70.5 Å². The van der Waals surface area contributed by atoms with Crippen molar-refractivity contribution < 1.29 is 9.90 Å². The van der Waals surface area contributed by atoms with E-state index in [9.17, 15) is 9.90 Å². The third-order valence-electron chi connectivity index (χ3n) is 5.69. The van der Waals surface area contributed by atoms with Crippen LogP contribution in [0.3, 0.4) is 0 Å². The van der Waals surface area contributed by atoms with Gasteiger partial charge in [0.2, 0.25) is 5.91 Å². The summed E-state index contributed by atoms with van der Waals surface area (Å²) in [7, 11) is 3.84. The molecule has 1 amide bonds. The molecule has 2 rings (SSSR count). The number of likely N-dealkylation sites (tertiary alicyclic amines) is 1. The highest BCUT2D eigenvalue weighted by Gasteiger charge is 2.33. The van der Waals surface area contributed by atoms with E-state index in [4.69, 9.17) is 0 Å². The van der Waals surface area contributed by atoms with E-state index in [1.165, 1.54) is 0 Å². The van der Waals surface area contributed by atoms with Gasteiger partial charge in [-0.1, -0.05) is 6.92 Å². The predicted molar refractivity (Wildman–Crippen MR) is 93.3 cm³/mol. The summed E-state index contributed by atoms with van der Waals surface area (Å²) in [4.78, 5) is 16.0. The monoisotopic (exact) mass is 325 g/mol. The van der Waals surface area contributed by atoms with Crippen molar-refractivity contribution in [2.24, 2.45) is 11.8 Å². The first-order chi connectivity index (χ1) is 10.9. The van der Waals surface area contributed by atoms with Crippen LogP contribution in [-0.4, -0.2) is 73.2 Å². The molecule has 1 saturated heterocycles. The number of carbonyl (C=O) groups is 1. The molecule has 0 aromatic heterocycles. The average Bonchev–Trinajstić information content (AvgIpc) is 2.52. The topological polar surface area (TPSA) is 55.8 Å². The molecule has 0 aromatic rings. The summed E-state index contributed by atoms with van der Waals surface area (Å²) in [5.41, 5.74) is -0.471. The first kappa shape index (κ1) is 18.7. The van der Waals surface area contributed by atoms with Gasteiger partial charge in [0, 0.05) is 20.1 Å². The number of hydrogen-bond donors (Lipinski definition) is 2. The van der Waals surface area contributed by atoms with Crippen LogP contribution in [0.15, 0.2) is 0 Å². The third-order valence-corrected chi connectivity index (χ3v) is 5.69. The molecule has 0 atom stereocenters. The van der Waals surface area contributed by atoms with Gasteiger partial charge in [0.1, 0.15) is 0 Å². The Hall–Kier alpha value is -0.650. The molecule has 5 nitrogen and oxygen atoms in total. The molecule has 134 valence electrons. The smallest absolute Gasteiger partial charge is 0.233 e. The van der Waals surface area contributed by atoms with Crippen LogP contribution in [0, 0.1) is 11.8 Å². The van der Waals surface area contributed by atoms with E-state index in [1.54, 1.807) is 7.05 Å². The summed E-state index contributed by atoms with van der Waals surface area (Å²) in [6.45, 7) is 6.69. The Labute approximate surface area is 141 Å². The van der Waals surface area contributed by atoms with Gasteiger partial charge in [0.15, 0.2) is 0 Å². The van der Waals surface area contributed by atoms with E-state index < -0.39 is 5.60 Å². The quantitative estimate of drug-likeness (QED) is 0.773. The van der Waals surface area contributed by atoms with Gasteiger partial charge in [0.25, 0.3) is 0 Å². The highest BCUT2D eigenvalue weighted by Crippen LogP contribution is 2.32. The van der Waals surface area contributed by atoms with Gasteiger partial charge in [-0.2, -0.15) is 0 Å². The summed E-state index contributed by atoms with van der Waals surface area (Å²) in [6.07, 6.45) is 6.50. The summed E-state index contributed by atoms with van der Waals surface area (Å²) < 4.78 is 0. The van der Waals surface area contributed by atoms with E-state index in [2.05, 4.69) is 29.1 Å². The van der Waals surface area contributed by atoms with Crippen LogP contribution in [0.4, 0.5) is 0 Å². The minimum atomic E-state index is -0.471. The first-order valence-electron chi connectivity index (χ1n) is 9.24. The van der Waals surface area contributed by atoms with E-state index in [0.717, 1.165) is 70.6 Å². The Bertz CT molecular complexity index is 372. The lowest BCUT2D eigenvalue weighted by Gasteiger charge is -2.39. The summed E-state index contributed by atoms with van der Waals surface area (Å²) in [5, 5.41) is 13.5. The summed E-state index contributed by atoms with van der Waals surface area (Å²) in [6, 6.07) is 0. The maximum Gasteiger partial charge on any atom is 0.233 e. The molecule has 0 radical (unpaired) electrons. The molecule has 0 bridgehead atoms. The highest BCUT2D eigenvalue weighted by molar-refractivity contribution is 5.77. The van der Waals surface area contributed by atoms with Crippen molar-refractivity contribution in [3.63, 3.8) is 0 Å². The standard InChI is InChI=1S/C18H35N3O2/c1-15-4-8-18(23,9-5-15)14-20(3)12-16-6-10-21(11-7-16)13-17(22)19-2/h15-16,23H,4-14H2,1-3H3,(H,19,22). The maximum absolute atomic E-state index is 11.4. The number of piperidine rings is 1. The maximum atomic E-state index is 11.4. The molecule has 2 N–H and O–H groups in total. The van der Waals surface area contributed by atoms with Gasteiger partial charge in [-0.25, -0.2) is 0 Å². The van der Waals surface area contributed by atoms with Gasteiger partial charge >= 0.3 is 0 Å². The van der Waals surface area contributed by atoms with Crippen LogP contribution in [0.2, 0.25) is 0 Å². The zero-order chi connectivity index (χ0) is 16.9.